The van der Waals surface area contributed by atoms with E-state index < -0.39 is 85.5 Å². The maximum Gasteiger partial charge on any atom is 0.416 e. The van der Waals surface area contributed by atoms with Crippen molar-refractivity contribution in [1.82, 2.24) is 9.13 Å². The van der Waals surface area contributed by atoms with Gasteiger partial charge < -0.3 is 31.5 Å². The lowest BCUT2D eigenvalue weighted by Crippen LogP contribution is -2.68. The molecule has 3 heterocycles. The van der Waals surface area contributed by atoms with Crippen LogP contribution in [-0.2, 0) is 12.4 Å². The van der Waals surface area contributed by atoms with E-state index in [0.717, 1.165) is 0 Å². The first-order valence-corrected chi connectivity index (χ1v) is 19.0. The Morgan fingerprint density at radius 3 is 1.56 bits per heavy atom. The predicted molar refractivity (Wildman–Crippen MR) is 190 cm³/mol. The van der Waals surface area contributed by atoms with E-state index in [1.165, 1.54) is 21.5 Å². The van der Waals surface area contributed by atoms with Gasteiger partial charge >= 0.3 is 24.7 Å². The molecule has 0 unspecified atom stereocenters. The summed E-state index contributed by atoms with van der Waals surface area (Å²) in [5.74, 6) is -2.14. The van der Waals surface area contributed by atoms with Crippen LogP contribution in [0.5, 0.6) is 0 Å². The second-order valence-corrected chi connectivity index (χ2v) is 19.4. The Hall–Kier alpha value is -2.63. The standard InChI is InChI=1S/C34H38B2Br2F12N4/c1-18(2)51-9-10-52(19(3)4)28(51)35(25-14-22(31(39,40)41)13-23(15-25)32(42,43)44)27-26(16-24(33(45,46)47)17-30(27,35)34(48,49)50)36(37,38)29-53(20(5)6)11-12-54(29)21(7)8/h9-21,27H,1-8H3/t27-,30+,35+/m0/s1. The third-order valence-electron chi connectivity index (χ3n) is 10.9. The lowest BCUT2D eigenvalue weighted by Gasteiger charge is -2.39. The van der Waals surface area contributed by atoms with Crippen molar-refractivity contribution < 1.29 is 61.8 Å². The van der Waals surface area contributed by atoms with Crippen molar-refractivity contribution >= 4 is 58.4 Å². The van der Waals surface area contributed by atoms with Crippen LogP contribution in [0.15, 0.2) is 66.2 Å². The van der Waals surface area contributed by atoms with Gasteiger partial charge in [0.1, 0.15) is 30.5 Å². The number of nitrogens with zero attached hydrogens (tertiary/aromatic N) is 4. The number of allylic oxidation sites excluding steroid dienone is 4. The minimum atomic E-state index is -5.65. The van der Waals surface area contributed by atoms with Crippen molar-refractivity contribution in [3.8, 4) is 0 Å². The second-order valence-electron chi connectivity index (χ2n) is 15.4. The van der Waals surface area contributed by atoms with Crippen LogP contribution >= 0.6 is 31.5 Å². The van der Waals surface area contributed by atoms with Crippen molar-refractivity contribution in [2.75, 3.05) is 0 Å². The van der Waals surface area contributed by atoms with Gasteiger partial charge in [-0.15, -0.1) is 0 Å². The molecule has 298 valence electrons. The SMILES string of the molecule is CC(C)n1cc[n+](C(C)C)c1[B-](Br)(Br)C1=CC(C(F)(F)F)=C[C@]2(C(F)(F)F)[C@H]1[B@-]2(c1cc(C(F)(F)F)cc(C(F)(F)F)c1)c1n(C(C)C)cc[n+]1C(C)C. The molecule has 0 spiro atoms. The summed E-state index contributed by atoms with van der Waals surface area (Å²) in [6, 6.07) is -1.96. The quantitative estimate of drug-likeness (QED) is 0.122. The van der Waals surface area contributed by atoms with Crippen molar-refractivity contribution in [2.45, 2.75) is 115 Å². The van der Waals surface area contributed by atoms with Crippen LogP contribution in [0, 0.1) is 0 Å². The highest BCUT2D eigenvalue weighted by molar-refractivity contribution is 9.52. The summed E-state index contributed by atoms with van der Waals surface area (Å²) in [5.41, 5.74) is -7.20. The van der Waals surface area contributed by atoms with E-state index in [1.807, 2.05) is 0 Å². The predicted octanol–water partition coefficient (Wildman–Crippen LogP) is 9.58. The average molecular weight is 912 g/mol. The Morgan fingerprint density at radius 1 is 0.685 bits per heavy atom. The molecule has 4 nitrogen and oxygen atoms in total. The normalized spacial score (nSPS) is 22.7. The van der Waals surface area contributed by atoms with Gasteiger partial charge in [-0.25, -0.2) is 5.47 Å². The van der Waals surface area contributed by atoms with Crippen molar-refractivity contribution in [2.24, 2.45) is 0 Å². The summed E-state index contributed by atoms with van der Waals surface area (Å²) < 4.78 is 184. The van der Waals surface area contributed by atoms with Gasteiger partial charge in [0, 0.05) is 5.57 Å². The van der Waals surface area contributed by atoms with Crippen molar-refractivity contribution in [1.29, 1.82) is 0 Å². The van der Waals surface area contributed by atoms with Crippen LogP contribution in [-0.4, -0.2) is 31.4 Å². The molecule has 20 heteroatoms. The number of fused-ring (bicyclic) bond motifs is 1. The lowest BCUT2D eigenvalue weighted by molar-refractivity contribution is -0.699. The summed E-state index contributed by atoms with van der Waals surface area (Å²) in [6.45, 7) is 13.2. The average Bonchev–Trinajstić information content (AvgIpc) is 3.31. The number of halogens is 14. The molecule has 0 saturated carbocycles. The molecule has 1 fully saturated rings. The highest BCUT2D eigenvalue weighted by atomic mass is 79.9. The molecule has 2 aliphatic rings. The maximum atomic E-state index is 16.4. The highest BCUT2D eigenvalue weighted by Crippen LogP contribution is 2.83. The number of benzene rings is 1. The van der Waals surface area contributed by atoms with Gasteiger partial charge in [0.2, 0.25) is 0 Å². The Kier molecular flexibility index (Phi) is 10.4. The zero-order valence-electron chi connectivity index (χ0n) is 30.3. The minimum absolute atomic E-state index is 0.0127. The van der Waals surface area contributed by atoms with Crippen LogP contribution in [0.3, 0.4) is 0 Å². The summed E-state index contributed by atoms with van der Waals surface area (Å²) in [5, 5.41) is -3.65. The van der Waals surface area contributed by atoms with E-state index in [9.17, 15) is 26.3 Å². The summed E-state index contributed by atoms with van der Waals surface area (Å²) in [6.07, 6.45) is -19.7. The summed E-state index contributed by atoms with van der Waals surface area (Å²) in [4.78, 5) is 0. The van der Waals surface area contributed by atoms with Gasteiger partial charge in [-0.1, -0.05) is 24.3 Å². The zero-order valence-corrected chi connectivity index (χ0v) is 33.5. The maximum absolute atomic E-state index is 16.4. The van der Waals surface area contributed by atoms with Crippen LogP contribution in [0.2, 0.25) is 11.1 Å². The molecule has 1 saturated heterocycles. The highest BCUT2D eigenvalue weighted by Gasteiger charge is 2.84. The third-order valence-corrected chi connectivity index (χ3v) is 12.8. The monoisotopic (exact) mass is 910 g/mol. The van der Waals surface area contributed by atoms with Crippen molar-refractivity contribution in [3.63, 3.8) is 0 Å². The van der Waals surface area contributed by atoms with E-state index in [-0.39, 0.29) is 47.8 Å². The number of hydrogen-bond acceptors (Lipinski definition) is 0. The van der Waals surface area contributed by atoms with Gasteiger partial charge in [0.05, 0.1) is 41.0 Å². The van der Waals surface area contributed by atoms with Crippen molar-refractivity contribution in [3.05, 3.63) is 77.3 Å². The summed E-state index contributed by atoms with van der Waals surface area (Å²) >= 11 is 7.08. The van der Waals surface area contributed by atoms with Gasteiger partial charge in [-0.05, 0) is 66.8 Å². The molecular weight excluding hydrogens is 874 g/mol. The first-order valence-electron chi connectivity index (χ1n) is 17.2. The molecule has 54 heavy (non-hydrogen) atoms. The molecule has 5 rings (SSSR count). The number of aromatic nitrogens is 4. The molecule has 2 aromatic heterocycles. The van der Waals surface area contributed by atoms with E-state index in [4.69, 9.17) is 0 Å². The van der Waals surface area contributed by atoms with E-state index in [0.29, 0.717) is 6.08 Å². The molecular formula is C34H38B2Br2F12N4. The number of imidazole rings is 2. The molecule has 0 amide bonds. The largest absolute Gasteiger partial charge is 0.416 e. The Bertz CT molecular complexity index is 1920. The topological polar surface area (TPSA) is 17.6 Å². The Labute approximate surface area is 321 Å². The molecule has 1 aliphatic carbocycles. The Balaban J connectivity index is 2.11. The number of alkyl halides is 12. The lowest BCUT2D eigenvalue weighted by atomic mass is 9.28. The molecule has 1 aromatic carbocycles. The first kappa shape index (κ1) is 42.5. The fourth-order valence-electron chi connectivity index (χ4n) is 8.77. The van der Waals surface area contributed by atoms with Crippen LogP contribution in [0.4, 0.5) is 52.7 Å². The zero-order chi connectivity index (χ0) is 41.1. The second kappa shape index (κ2) is 13.2. The summed E-state index contributed by atoms with van der Waals surface area (Å²) in [7, 11) is 0. The fraction of sp³-hybridized carbons (Fsp3) is 0.529. The minimum Gasteiger partial charge on any atom is -0.319 e. The van der Waals surface area contributed by atoms with Gasteiger partial charge in [0.15, 0.2) is 6.15 Å². The molecule has 3 aromatic rings. The third kappa shape index (κ3) is 6.40. The van der Waals surface area contributed by atoms with Gasteiger partial charge in [0.25, 0.3) is 3.79 Å². The smallest absolute Gasteiger partial charge is 0.319 e. The molecule has 3 atom stereocenters. The number of rotatable bonds is 8. The first-order chi connectivity index (χ1) is 24.4. The molecule has 0 radical (unpaired) electrons. The molecule has 1 aliphatic heterocycles. The molecule has 0 N–H and O–H groups in total. The van der Waals surface area contributed by atoms with Gasteiger partial charge in [-0.2, -0.15) is 64.0 Å². The van der Waals surface area contributed by atoms with Crippen LogP contribution in [0.1, 0.15) is 90.7 Å². The van der Waals surface area contributed by atoms with E-state index in [1.54, 1.807) is 76.9 Å². The van der Waals surface area contributed by atoms with Gasteiger partial charge in [-0.3, -0.25) is 18.3 Å². The van der Waals surface area contributed by atoms with Crippen LogP contribution < -0.4 is 26.0 Å². The van der Waals surface area contributed by atoms with Crippen LogP contribution in [0.25, 0.3) is 0 Å². The van der Waals surface area contributed by atoms with E-state index in [2.05, 4.69) is 31.5 Å². The number of hydrogen-bond donors (Lipinski definition) is 0. The molecule has 0 bridgehead atoms. The fourth-order valence-corrected chi connectivity index (χ4v) is 10.6. The van der Waals surface area contributed by atoms with E-state index >= 15 is 26.3 Å². The Morgan fingerprint density at radius 2 is 1.15 bits per heavy atom.